The summed E-state index contributed by atoms with van der Waals surface area (Å²) in [7, 11) is 0. The van der Waals surface area contributed by atoms with Crippen molar-refractivity contribution in [3.05, 3.63) is 73.3 Å². The van der Waals surface area contributed by atoms with Gasteiger partial charge in [-0.1, -0.05) is 132 Å². The van der Waals surface area contributed by atoms with Gasteiger partial charge in [0.15, 0.2) is 0 Å². The number of benzene rings is 3. The van der Waals surface area contributed by atoms with E-state index in [4.69, 9.17) is 0 Å². The Bertz CT molecular complexity index is 724. The largest absolute Gasteiger partial charge is 0.103 e. The standard InChI is InChI=1S/C16H32.C14H10/c1-3-5-7-9-11-13-15-16-14-12-10-8-6-4-2;1-2-6-12-10-14-8-4-3-7-13(14)9-11(12)5-1/h3H,1,4-16H2,2H3;1-10H. The molecule has 0 heteroatoms. The lowest BCUT2D eigenvalue weighted by molar-refractivity contribution is 0.545. The fourth-order valence-electron chi connectivity index (χ4n) is 4.01. The van der Waals surface area contributed by atoms with Gasteiger partial charge < -0.3 is 0 Å². The highest BCUT2D eigenvalue weighted by molar-refractivity contribution is 5.98. The molecule has 162 valence electrons. The maximum absolute atomic E-state index is 3.75. The van der Waals surface area contributed by atoms with Crippen molar-refractivity contribution in [3.8, 4) is 0 Å². The van der Waals surface area contributed by atoms with Gasteiger partial charge in [0.1, 0.15) is 0 Å². The van der Waals surface area contributed by atoms with Gasteiger partial charge >= 0.3 is 0 Å². The number of hydrogen-bond donors (Lipinski definition) is 0. The van der Waals surface area contributed by atoms with Gasteiger partial charge in [-0.05, 0) is 46.5 Å². The molecule has 0 aliphatic heterocycles. The van der Waals surface area contributed by atoms with Gasteiger partial charge in [-0.25, -0.2) is 0 Å². The summed E-state index contributed by atoms with van der Waals surface area (Å²) in [6.45, 7) is 6.03. The molecule has 0 nitrogen and oxygen atoms in total. The van der Waals surface area contributed by atoms with Crippen LogP contribution in [0.2, 0.25) is 0 Å². The van der Waals surface area contributed by atoms with Gasteiger partial charge in [-0.3, -0.25) is 0 Å². The molecule has 0 aromatic heterocycles. The third-order valence-electron chi connectivity index (χ3n) is 5.88. The Morgan fingerprint density at radius 3 is 1.20 bits per heavy atom. The van der Waals surface area contributed by atoms with Gasteiger partial charge in [0.05, 0.1) is 0 Å². The second-order valence-electron chi connectivity index (χ2n) is 8.51. The Morgan fingerprint density at radius 2 is 0.867 bits per heavy atom. The van der Waals surface area contributed by atoms with Gasteiger partial charge in [-0.15, -0.1) is 6.58 Å². The lowest BCUT2D eigenvalue weighted by Gasteiger charge is -2.02. The molecule has 0 radical (unpaired) electrons. The Labute approximate surface area is 185 Å². The van der Waals surface area contributed by atoms with E-state index in [9.17, 15) is 0 Å². The monoisotopic (exact) mass is 402 g/mol. The number of allylic oxidation sites excluding steroid dienone is 1. The molecule has 0 amide bonds. The van der Waals surface area contributed by atoms with E-state index in [1.165, 1.54) is 105 Å². The van der Waals surface area contributed by atoms with E-state index >= 15 is 0 Å². The molecule has 0 aliphatic rings. The molecule has 3 aromatic rings. The van der Waals surface area contributed by atoms with Crippen molar-refractivity contribution in [2.24, 2.45) is 0 Å². The van der Waals surface area contributed by atoms with Crippen LogP contribution in [0.25, 0.3) is 21.5 Å². The summed E-state index contributed by atoms with van der Waals surface area (Å²) in [5.41, 5.74) is 0. The van der Waals surface area contributed by atoms with E-state index in [2.05, 4.69) is 74.2 Å². The van der Waals surface area contributed by atoms with Crippen molar-refractivity contribution in [1.29, 1.82) is 0 Å². The average molecular weight is 403 g/mol. The molecule has 0 saturated heterocycles. The average Bonchev–Trinajstić information content (AvgIpc) is 2.79. The minimum Gasteiger partial charge on any atom is -0.103 e. The quantitative estimate of drug-likeness (QED) is 0.151. The van der Waals surface area contributed by atoms with Gasteiger partial charge in [-0.2, -0.15) is 0 Å². The first-order chi connectivity index (χ1) is 14.8. The van der Waals surface area contributed by atoms with Crippen LogP contribution in [-0.2, 0) is 0 Å². The molecule has 0 fully saturated rings. The number of fused-ring (bicyclic) bond motifs is 2. The van der Waals surface area contributed by atoms with Crippen LogP contribution in [-0.4, -0.2) is 0 Å². The van der Waals surface area contributed by atoms with Crippen LogP contribution in [0.1, 0.15) is 90.4 Å². The summed E-state index contributed by atoms with van der Waals surface area (Å²) >= 11 is 0. The molecule has 0 heterocycles. The molecule has 3 rings (SSSR count). The Kier molecular flexibility index (Phi) is 12.7. The molecule has 0 aliphatic carbocycles. The first kappa shape index (κ1) is 24.2. The van der Waals surface area contributed by atoms with E-state index in [0.717, 1.165) is 0 Å². The van der Waals surface area contributed by atoms with Crippen molar-refractivity contribution in [3.63, 3.8) is 0 Å². The molecule has 0 unspecified atom stereocenters. The SMILES string of the molecule is C=CCCCCCCCCCCCCCC.c1ccc2cc3ccccc3cc2c1. The summed E-state index contributed by atoms with van der Waals surface area (Å²) < 4.78 is 0. The van der Waals surface area contributed by atoms with E-state index in [1.807, 2.05) is 6.08 Å². The highest BCUT2D eigenvalue weighted by Gasteiger charge is 1.95. The minimum absolute atomic E-state index is 1.21. The smallest absolute Gasteiger partial charge is 0.0178 e. The van der Waals surface area contributed by atoms with Crippen molar-refractivity contribution in [2.45, 2.75) is 90.4 Å². The van der Waals surface area contributed by atoms with Crippen LogP contribution in [0.3, 0.4) is 0 Å². The van der Waals surface area contributed by atoms with Gasteiger partial charge in [0, 0.05) is 0 Å². The second-order valence-corrected chi connectivity index (χ2v) is 8.51. The highest BCUT2D eigenvalue weighted by Crippen LogP contribution is 2.22. The molecular formula is C30H42. The summed E-state index contributed by atoms with van der Waals surface area (Å²) in [6, 6.07) is 21.4. The molecule has 0 atom stereocenters. The zero-order valence-electron chi connectivity index (χ0n) is 19.3. The van der Waals surface area contributed by atoms with Crippen LogP contribution in [0.5, 0.6) is 0 Å². The summed E-state index contributed by atoms with van der Waals surface area (Å²) in [5, 5.41) is 5.25. The van der Waals surface area contributed by atoms with Crippen LogP contribution >= 0.6 is 0 Å². The lowest BCUT2D eigenvalue weighted by Crippen LogP contribution is -1.82. The molecular weight excluding hydrogens is 360 g/mol. The van der Waals surface area contributed by atoms with E-state index in [0.29, 0.717) is 0 Å². The third kappa shape index (κ3) is 9.61. The molecule has 0 bridgehead atoms. The van der Waals surface area contributed by atoms with Gasteiger partial charge in [0.2, 0.25) is 0 Å². The normalized spacial score (nSPS) is 10.7. The topological polar surface area (TPSA) is 0 Å². The zero-order valence-corrected chi connectivity index (χ0v) is 19.3. The Balaban J connectivity index is 0.000000214. The second kappa shape index (κ2) is 15.7. The zero-order chi connectivity index (χ0) is 21.3. The molecule has 0 N–H and O–H groups in total. The number of hydrogen-bond acceptors (Lipinski definition) is 0. The number of unbranched alkanes of at least 4 members (excludes halogenated alkanes) is 12. The van der Waals surface area contributed by atoms with Gasteiger partial charge in [0.25, 0.3) is 0 Å². The fourth-order valence-corrected chi connectivity index (χ4v) is 4.01. The fraction of sp³-hybridized carbons (Fsp3) is 0.467. The predicted molar refractivity (Wildman–Crippen MR) is 137 cm³/mol. The van der Waals surface area contributed by atoms with Crippen LogP contribution in [0, 0.1) is 0 Å². The van der Waals surface area contributed by atoms with Crippen molar-refractivity contribution in [1.82, 2.24) is 0 Å². The molecule has 30 heavy (non-hydrogen) atoms. The maximum Gasteiger partial charge on any atom is -0.0178 e. The maximum atomic E-state index is 3.75. The first-order valence-electron chi connectivity index (χ1n) is 12.3. The third-order valence-corrected chi connectivity index (χ3v) is 5.88. The molecule has 0 spiro atoms. The summed E-state index contributed by atoms with van der Waals surface area (Å²) in [5.74, 6) is 0. The van der Waals surface area contributed by atoms with Crippen LogP contribution < -0.4 is 0 Å². The number of rotatable bonds is 13. The Morgan fingerprint density at radius 1 is 0.533 bits per heavy atom. The summed E-state index contributed by atoms with van der Waals surface area (Å²) in [4.78, 5) is 0. The lowest BCUT2D eigenvalue weighted by atomic mass is 10.0. The summed E-state index contributed by atoms with van der Waals surface area (Å²) in [6.07, 6.45) is 20.5. The van der Waals surface area contributed by atoms with E-state index in [1.54, 1.807) is 0 Å². The predicted octanol–water partition coefficient (Wildman–Crippen LogP) is 10.3. The Hall–Kier alpha value is -2.08. The van der Waals surface area contributed by atoms with Crippen molar-refractivity contribution in [2.75, 3.05) is 0 Å². The van der Waals surface area contributed by atoms with Crippen molar-refractivity contribution >= 4 is 21.5 Å². The molecule has 3 aromatic carbocycles. The van der Waals surface area contributed by atoms with Crippen LogP contribution in [0.4, 0.5) is 0 Å². The first-order valence-corrected chi connectivity index (χ1v) is 12.3. The van der Waals surface area contributed by atoms with Crippen LogP contribution in [0.15, 0.2) is 73.3 Å². The van der Waals surface area contributed by atoms with Crippen molar-refractivity contribution < 1.29 is 0 Å². The molecule has 0 saturated carbocycles. The highest BCUT2D eigenvalue weighted by atomic mass is 14.0. The van der Waals surface area contributed by atoms with E-state index < -0.39 is 0 Å². The minimum atomic E-state index is 1.21. The van der Waals surface area contributed by atoms with E-state index in [-0.39, 0.29) is 0 Å².